The maximum atomic E-state index is 11.5. The molecule has 0 saturated heterocycles. The van der Waals surface area contributed by atoms with Crippen LogP contribution in [0.3, 0.4) is 0 Å². The van der Waals surface area contributed by atoms with Crippen LogP contribution in [-0.2, 0) is 0 Å². The second kappa shape index (κ2) is 5.85. The molecule has 2 N–H and O–H groups in total. The van der Waals surface area contributed by atoms with Gasteiger partial charge in [-0.25, -0.2) is 0 Å². The Kier molecular flexibility index (Phi) is 4.16. The number of rotatable bonds is 3. The summed E-state index contributed by atoms with van der Waals surface area (Å²) in [6, 6.07) is 2.99. The third kappa shape index (κ3) is 2.86. The van der Waals surface area contributed by atoms with Crippen LogP contribution in [0.25, 0.3) is 0 Å². The summed E-state index contributed by atoms with van der Waals surface area (Å²) in [5, 5.41) is 19.6. The monoisotopic (exact) mass is 312 g/mol. The Bertz CT molecular complexity index is 756. The average Bonchev–Trinajstić information content (AvgIpc) is 2.42. The first-order chi connectivity index (χ1) is 9.52. The number of aromatic nitrogens is 3. The molecule has 20 heavy (non-hydrogen) atoms. The van der Waals surface area contributed by atoms with Crippen molar-refractivity contribution >= 4 is 30.0 Å². The highest BCUT2D eigenvalue weighted by Gasteiger charge is 2.07. The third-order valence-electron chi connectivity index (χ3n) is 2.33. The molecule has 0 spiro atoms. The second-order valence-electron chi connectivity index (χ2n) is 3.62. The average molecular weight is 313 g/mol. The smallest absolute Gasteiger partial charge is 0.293 e. The molecule has 7 nitrogen and oxygen atoms in total. The summed E-state index contributed by atoms with van der Waals surface area (Å²) in [6.07, 6.45) is 2.41. The van der Waals surface area contributed by atoms with Crippen LogP contribution in [0.15, 0.2) is 28.2 Å². The number of phenols is 1. The van der Waals surface area contributed by atoms with Crippen molar-refractivity contribution in [2.24, 2.45) is 5.10 Å². The van der Waals surface area contributed by atoms with Crippen molar-refractivity contribution in [1.29, 1.82) is 0 Å². The zero-order chi connectivity index (χ0) is 14.7. The standard InChI is InChI=1S/C11H9ClN4O3S/c1-19-8-3-6(2-7(12)10(8)18)4-14-16-9(17)5-13-15-11(16)20/h2-5,18H,1H3,(H,15,20)/b14-4-. The largest absolute Gasteiger partial charge is 0.503 e. The van der Waals surface area contributed by atoms with Crippen LogP contribution in [0.2, 0.25) is 5.02 Å². The fraction of sp³-hybridized carbons (Fsp3) is 0.0909. The van der Waals surface area contributed by atoms with Crippen LogP contribution in [0.1, 0.15) is 5.56 Å². The van der Waals surface area contributed by atoms with Crippen molar-refractivity contribution < 1.29 is 9.84 Å². The molecule has 104 valence electrons. The van der Waals surface area contributed by atoms with Crippen LogP contribution < -0.4 is 10.3 Å². The molecular weight excluding hydrogens is 304 g/mol. The summed E-state index contributed by atoms with van der Waals surface area (Å²) in [6.45, 7) is 0. The van der Waals surface area contributed by atoms with Crippen LogP contribution >= 0.6 is 23.8 Å². The minimum Gasteiger partial charge on any atom is -0.503 e. The van der Waals surface area contributed by atoms with Crippen molar-refractivity contribution in [2.75, 3.05) is 7.11 Å². The Labute approximate surface area is 123 Å². The number of benzene rings is 1. The second-order valence-corrected chi connectivity index (χ2v) is 4.42. The van der Waals surface area contributed by atoms with E-state index in [0.29, 0.717) is 5.56 Å². The van der Waals surface area contributed by atoms with Gasteiger partial charge in [0.2, 0.25) is 4.77 Å². The van der Waals surface area contributed by atoms with Crippen LogP contribution in [0.4, 0.5) is 0 Å². The van der Waals surface area contributed by atoms with Crippen molar-refractivity contribution in [3.8, 4) is 11.5 Å². The van der Waals surface area contributed by atoms with Gasteiger partial charge in [-0.3, -0.25) is 9.89 Å². The van der Waals surface area contributed by atoms with Gasteiger partial charge in [-0.2, -0.15) is 14.9 Å². The minimum atomic E-state index is -0.471. The predicted octanol–water partition coefficient (Wildman–Crippen LogP) is 1.55. The number of phenolic OH excluding ortho intramolecular Hbond substituents is 1. The molecule has 1 aromatic carbocycles. The summed E-state index contributed by atoms with van der Waals surface area (Å²) in [5.41, 5.74) is 0.0598. The highest BCUT2D eigenvalue weighted by atomic mass is 35.5. The highest BCUT2D eigenvalue weighted by Crippen LogP contribution is 2.34. The number of halogens is 1. The first-order valence-corrected chi connectivity index (χ1v) is 6.09. The first-order valence-electron chi connectivity index (χ1n) is 5.30. The van der Waals surface area contributed by atoms with Gasteiger partial charge in [-0.1, -0.05) is 11.6 Å². The first kappa shape index (κ1) is 14.2. The lowest BCUT2D eigenvalue weighted by atomic mass is 10.2. The maximum Gasteiger partial charge on any atom is 0.293 e. The molecule has 0 saturated carbocycles. The molecule has 1 aromatic heterocycles. The van der Waals surface area contributed by atoms with Gasteiger partial charge >= 0.3 is 0 Å². The van der Waals surface area contributed by atoms with Crippen LogP contribution in [-0.4, -0.2) is 33.3 Å². The van der Waals surface area contributed by atoms with E-state index in [2.05, 4.69) is 15.3 Å². The molecule has 9 heteroatoms. The number of aromatic hydroxyl groups is 1. The number of aromatic amines is 1. The molecule has 2 rings (SSSR count). The Balaban J connectivity index is 2.45. The quantitative estimate of drug-likeness (QED) is 0.662. The fourth-order valence-electron chi connectivity index (χ4n) is 1.40. The Morgan fingerprint density at radius 2 is 2.35 bits per heavy atom. The van der Waals surface area contributed by atoms with E-state index >= 15 is 0 Å². The van der Waals surface area contributed by atoms with Gasteiger partial charge < -0.3 is 9.84 Å². The molecule has 0 unspecified atom stereocenters. The van der Waals surface area contributed by atoms with E-state index in [1.54, 1.807) is 0 Å². The summed E-state index contributed by atoms with van der Waals surface area (Å²) in [5.74, 6) is 0.0378. The molecule has 0 aliphatic heterocycles. The SMILES string of the molecule is COc1cc(/C=N\n2c(=O)cn[nH]c2=S)cc(Cl)c1O. The Morgan fingerprint density at radius 3 is 3.00 bits per heavy atom. The van der Waals surface area contributed by atoms with Gasteiger partial charge in [0.1, 0.15) is 6.20 Å². The summed E-state index contributed by atoms with van der Waals surface area (Å²) < 4.78 is 5.99. The van der Waals surface area contributed by atoms with Crippen molar-refractivity contribution in [3.63, 3.8) is 0 Å². The van der Waals surface area contributed by atoms with Crippen LogP contribution in [0.5, 0.6) is 11.5 Å². The molecule has 1 heterocycles. The van der Waals surface area contributed by atoms with E-state index in [-0.39, 0.29) is 21.3 Å². The van der Waals surface area contributed by atoms with E-state index in [0.717, 1.165) is 10.9 Å². The molecular formula is C11H9ClN4O3S. The van der Waals surface area contributed by atoms with Crippen molar-refractivity contribution in [2.45, 2.75) is 0 Å². The lowest BCUT2D eigenvalue weighted by Gasteiger charge is -2.06. The number of hydrogen-bond acceptors (Lipinski definition) is 6. The molecule has 0 atom stereocenters. The van der Waals surface area contributed by atoms with Gasteiger partial charge in [0.25, 0.3) is 5.56 Å². The number of ether oxygens (including phenoxy) is 1. The summed E-state index contributed by atoms with van der Waals surface area (Å²) >= 11 is 10.7. The predicted molar refractivity (Wildman–Crippen MR) is 76.3 cm³/mol. The third-order valence-corrected chi connectivity index (χ3v) is 2.88. The number of hydrogen-bond donors (Lipinski definition) is 2. The molecule has 0 amide bonds. The van der Waals surface area contributed by atoms with Gasteiger partial charge in [0.05, 0.1) is 18.3 Å². The van der Waals surface area contributed by atoms with E-state index in [4.69, 9.17) is 28.6 Å². The van der Waals surface area contributed by atoms with Crippen molar-refractivity contribution in [1.82, 2.24) is 14.9 Å². The molecule has 0 bridgehead atoms. The molecule has 2 aromatic rings. The Morgan fingerprint density at radius 1 is 1.60 bits per heavy atom. The number of nitrogens with one attached hydrogen (secondary N) is 1. The van der Waals surface area contributed by atoms with Crippen LogP contribution in [0, 0.1) is 4.77 Å². The lowest BCUT2D eigenvalue weighted by Crippen LogP contribution is -2.18. The number of methoxy groups -OCH3 is 1. The van der Waals surface area contributed by atoms with E-state index < -0.39 is 5.56 Å². The summed E-state index contributed by atoms with van der Waals surface area (Å²) in [7, 11) is 1.40. The van der Waals surface area contributed by atoms with E-state index in [1.807, 2.05) is 0 Å². The lowest BCUT2D eigenvalue weighted by molar-refractivity contribution is 0.373. The van der Waals surface area contributed by atoms with Gasteiger partial charge in [-0.05, 0) is 29.9 Å². The topological polar surface area (TPSA) is 92.5 Å². The van der Waals surface area contributed by atoms with E-state index in [9.17, 15) is 9.90 Å². The fourth-order valence-corrected chi connectivity index (χ4v) is 1.81. The number of H-pyrrole nitrogens is 1. The molecule has 0 aliphatic carbocycles. The molecule has 0 fully saturated rings. The normalized spacial score (nSPS) is 10.9. The maximum absolute atomic E-state index is 11.5. The molecule has 0 aliphatic rings. The minimum absolute atomic E-state index is 0.0607. The van der Waals surface area contributed by atoms with Gasteiger partial charge in [0.15, 0.2) is 11.5 Å². The highest BCUT2D eigenvalue weighted by molar-refractivity contribution is 7.71. The molecule has 0 radical (unpaired) electrons. The summed E-state index contributed by atoms with van der Waals surface area (Å²) in [4.78, 5) is 11.5. The van der Waals surface area contributed by atoms with Gasteiger partial charge in [-0.15, -0.1) is 0 Å². The van der Waals surface area contributed by atoms with Gasteiger partial charge in [0, 0.05) is 0 Å². The zero-order valence-electron chi connectivity index (χ0n) is 10.2. The zero-order valence-corrected chi connectivity index (χ0v) is 11.8. The van der Waals surface area contributed by atoms with Crippen molar-refractivity contribution in [3.05, 3.63) is 44.0 Å². The van der Waals surface area contributed by atoms with E-state index in [1.165, 1.54) is 25.5 Å². The Hall–Kier alpha value is -2.19. The number of nitrogens with zero attached hydrogens (tertiary/aromatic N) is 3.